The molecule has 0 saturated carbocycles. The molecule has 1 aromatic carbocycles. The number of benzene rings is 1. The molecule has 0 aliphatic heterocycles. The maximum atomic E-state index is 4.48. The van der Waals surface area contributed by atoms with Crippen molar-refractivity contribution in [1.29, 1.82) is 0 Å². The third-order valence-electron chi connectivity index (χ3n) is 2.71. The molecule has 0 atom stereocenters. The first kappa shape index (κ1) is 12.3. The summed E-state index contributed by atoms with van der Waals surface area (Å²) in [5.74, 6) is 0. The Morgan fingerprint density at radius 3 is 2.32 bits per heavy atom. The summed E-state index contributed by atoms with van der Waals surface area (Å²) in [7, 11) is 0. The quantitative estimate of drug-likeness (QED) is 0.560. The Kier molecular flexibility index (Phi) is 3.58. The van der Waals surface area contributed by atoms with Gasteiger partial charge in [-0.1, -0.05) is 18.2 Å². The molecule has 0 amide bonds. The first-order valence-corrected chi connectivity index (χ1v) is 7.70. The Bertz CT molecular complexity index is 692. The van der Waals surface area contributed by atoms with Crippen LogP contribution in [0.25, 0.3) is 9.75 Å². The van der Waals surface area contributed by atoms with Gasteiger partial charge in [0.25, 0.3) is 0 Å². The van der Waals surface area contributed by atoms with Gasteiger partial charge < -0.3 is 0 Å². The molecular weight excluding hydrogens is 270 g/mol. The maximum Gasteiger partial charge on any atom is 0.0630 e. The average molecular weight is 283 g/mol. The van der Waals surface area contributed by atoms with Crippen molar-refractivity contribution in [2.75, 3.05) is 0 Å². The van der Waals surface area contributed by atoms with Crippen LogP contribution in [0.3, 0.4) is 0 Å². The summed E-state index contributed by atoms with van der Waals surface area (Å²) < 4.78 is 0. The Hall–Kier alpha value is -1.71. The second-order valence-corrected chi connectivity index (χ2v) is 6.61. The van der Waals surface area contributed by atoms with E-state index in [9.17, 15) is 0 Å². The van der Waals surface area contributed by atoms with E-state index in [1.54, 1.807) is 11.3 Å². The Morgan fingerprint density at radius 2 is 1.58 bits per heavy atom. The van der Waals surface area contributed by atoms with E-state index in [2.05, 4.69) is 36.2 Å². The molecule has 0 radical (unpaired) electrons. The van der Waals surface area contributed by atoms with Gasteiger partial charge in [-0.15, -0.1) is 22.7 Å². The number of thiophene rings is 2. The molecule has 94 valence electrons. The predicted molar refractivity (Wildman–Crippen MR) is 86.1 cm³/mol. The highest BCUT2D eigenvalue weighted by Gasteiger charge is 2.03. The van der Waals surface area contributed by atoms with Gasteiger partial charge in [-0.2, -0.15) is 0 Å². The van der Waals surface area contributed by atoms with Crippen LogP contribution in [0, 0.1) is 6.92 Å². The van der Waals surface area contributed by atoms with E-state index >= 15 is 0 Å². The number of para-hydroxylation sites is 1. The maximum absolute atomic E-state index is 4.48. The number of rotatable bonds is 3. The van der Waals surface area contributed by atoms with Crippen LogP contribution < -0.4 is 0 Å². The van der Waals surface area contributed by atoms with Crippen LogP contribution in [-0.4, -0.2) is 6.21 Å². The minimum Gasteiger partial charge on any atom is -0.255 e. The second-order valence-electron chi connectivity index (χ2n) is 4.21. The number of nitrogens with zero attached hydrogens (tertiary/aromatic N) is 1. The zero-order valence-corrected chi connectivity index (χ0v) is 12.2. The molecule has 0 fully saturated rings. The van der Waals surface area contributed by atoms with Gasteiger partial charge in [0, 0.05) is 25.7 Å². The molecule has 0 N–H and O–H groups in total. The van der Waals surface area contributed by atoms with Crippen molar-refractivity contribution in [2.24, 2.45) is 4.99 Å². The summed E-state index contributed by atoms with van der Waals surface area (Å²) in [6.45, 7) is 2.14. The van der Waals surface area contributed by atoms with E-state index < -0.39 is 0 Å². The summed E-state index contributed by atoms with van der Waals surface area (Å²) in [5, 5.41) is 0. The third-order valence-corrected chi connectivity index (χ3v) is 4.92. The first-order chi connectivity index (χ1) is 9.31. The first-order valence-electron chi connectivity index (χ1n) is 6.07. The fraction of sp³-hybridized carbons (Fsp3) is 0.0625. The van der Waals surface area contributed by atoms with E-state index in [1.807, 2.05) is 47.9 Å². The summed E-state index contributed by atoms with van der Waals surface area (Å²) in [5.41, 5.74) is 0.990. The summed E-state index contributed by atoms with van der Waals surface area (Å²) in [6.07, 6.45) is 1.93. The van der Waals surface area contributed by atoms with Gasteiger partial charge in [0.15, 0.2) is 0 Å². The van der Waals surface area contributed by atoms with Crippen molar-refractivity contribution < 1.29 is 0 Å². The van der Waals surface area contributed by atoms with Gasteiger partial charge >= 0.3 is 0 Å². The molecule has 2 aromatic heterocycles. The van der Waals surface area contributed by atoms with Gasteiger partial charge in [-0.3, -0.25) is 4.99 Å². The van der Waals surface area contributed by atoms with Crippen molar-refractivity contribution >= 4 is 34.6 Å². The van der Waals surface area contributed by atoms with Crippen molar-refractivity contribution in [2.45, 2.75) is 6.92 Å². The summed E-state index contributed by atoms with van der Waals surface area (Å²) in [4.78, 5) is 9.66. The van der Waals surface area contributed by atoms with Crippen LogP contribution in [-0.2, 0) is 0 Å². The van der Waals surface area contributed by atoms with Gasteiger partial charge in [0.05, 0.1) is 5.69 Å². The molecule has 0 aliphatic carbocycles. The Morgan fingerprint density at radius 1 is 0.842 bits per heavy atom. The molecular formula is C16H13NS2. The fourth-order valence-electron chi connectivity index (χ4n) is 1.77. The molecule has 0 aliphatic rings. The molecule has 0 unspecified atom stereocenters. The molecule has 19 heavy (non-hydrogen) atoms. The molecule has 3 aromatic rings. The fourth-order valence-corrected chi connectivity index (χ4v) is 3.61. The van der Waals surface area contributed by atoms with E-state index in [1.165, 1.54) is 19.5 Å². The second kappa shape index (κ2) is 5.51. The highest BCUT2D eigenvalue weighted by molar-refractivity contribution is 7.22. The van der Waals surface area contributed by atoms with Crippen LogP contribution >= 0.6 is 22.7 Å². The SMILES string of the molecule is Cc1ccc(-c2ccc(C=Nc3ccccc3)s2)s1. The highest BCUT2D eigenvalue weighted by atomic mass is 32.1. The van der Waals surface area contributed by atoms with Gasteiger partial charge in [-0.05, 0) is 43.3 Å². The van der Waals surface area contributed by atoms with Gasteiger partial charge in [0.2, 0.25) is 0 Å². The molecule has 1 nitrogen and oxygen atoms in total. The number of hydrogen-bond acceptors (Lipinski definition) is 3. The Labute approximate surface area is 120 Å². The summed E-state index contributed by atoms with van der Waals surface area (Å²) >= 11 is 3.61. The monoisotopic (exact) mass is 283 g/mol. The normalized spacial score (nSPS) is 11.2. The van der Waals surface area contributed by atoms with Crippen molar-refractivity contribution in [1.82, 2.24) is 0 Å². The van der Waals surface area contributed by atoms with E-state index in [0.29, 0.717) is 0 Å². The minimum atomic E-state index is 0.990. The molecule has 3 heteroatoms. The molecule has 2 heterocycles. The average Bonchev–Trinajstić information content (AvgIpc) is 3.06. The van der Waals surface area contributed by atoms with Gasteiger partial charge in [0.1, 0.15) is 0 Å². The standard InChI is InChI=1S/C16H13NS2/c1-12-7-9-15(18-12)16-10-8-14(19-16)11-17-13-5-3-2-4-6-13/h2-11H,1H3. The van der Waals surface area contributed by atoms with Crippen molar-refractivity contribution in [3.05, 3.63) is 64.4 Å². The topological polar surface area (TPSA) is 12.4 Å². The van der Waals surface area contributed by atoms with Crippen molar-refractivity contribution in [3.63, 3.8) is 0 Å². The third kappa shape index (κ3) is 3.00. The zero-order chi connectivity index (χ0) is 13.1. The molecule has 0 spiro atoms. The lowest BCUT2D eigenvalue weighted by Gasteiger charge is -1.90. The lowest BCUT2D eigenvalue weighted by Crippen LogP contribution is -1.70. The van der Waals surface area contributed by atoms with Crippen LogP contribution in [0.1, 0.15) is 9.75 Å². The van der Waals surface area contributed by atoms with E-state index in [4.69, 9.17) is 0 Å². The number of hydrogen-bond donors (Lipinski definition) is 0. The highest BCUT2D eigenvalue weighted by Crippen LogP contribution is 2.32. The zero-order valence-electron chi connectivity index (χ0n) is 10.5. The Balaban J connectivity index is 1.80. The van der Waals surface area contributed by atoms with Crippen LogP contribution in [0.5, 0.6) is 0 Å². The van der Waals surface area contributed by atoms with E-state index in [0.717, 1.165) is 5.69 Å². The number of aryl methyl sites for hydroxylation is 1. The lowest BCUT2D eigenvalue weighted by molar-refractivity contribution is 1.54. The molecule has 0 bridgehead atoms. The smallest absolute Gasteiger partial charge is 0.0630 e. The molecule has 0 saturated heterocycles. The van der Waals surface area contributed by atoms with Gasteiger partial charge in [-0.25, -0.2) is 0 Å². The van der Waals surface area contributed by atoms with Crippen LogP contribution in [0.4, 0.5) is 5.69 Å². The minimum absolute atomic E-state index is 0.990. The van der Waals surface area contributed by atoms with Crippen LogP contribution in [0.2, 0.25) is 0 Å². The molecule has 3 rings (SSSR count). The summed E-state index contributed by atoms with van der Waals surface area (Å²) in [6, 6.07) is 18.7. The van der Waals surface area contributed by atoms with E-state index in [-0.39, 0.29) is 0 Å². The largest absolute Gasteiger partial charge is 0.255 e. The number of aliphatic imine (C=N–C) groups is 1. The predicted octanol–water partition coefficient (Wildman–Crippen LogP) is 5.54. The van der Waals surface area contributed by atoms with Crippen molar-refractivity contribution in [3.8, 4) is 9.75 Å². The van der Waals surface area contributed by atoms with Crippen LogP contribution in [0.15, 0.2) is 59.6 Å². The lowest BCUT2D eigenvalue weighted by atomic mass is 10.3.